The van der Waals surface area contributed by atoms with Gasteiger partial charge in [-0.25, -0.2) is 0 Å². The topological polar surface area (TPSA) is 37.4 Å². The van der Waals surface area contributed by atoms with Crippen molar-refractivity contribution in [2.75, 3.05) is 6.54 Å². The highest BCUT2D eigenvalue weighted by Gasteiger charge is 2.14. The molecule has 0 saturated heterocycles. The Kier molecular flexibility index (Phi) is 5.34. The second kappa shape index (κ2) is 5.75. The van der Waals surface area contributed by atoms with Gasteiger partial charge in [0, 0.05) is 19.9 Å². The third kappa shape index (κ3) is 3.51. The lowest BCUT2D eigenvalue weighted by molar-refractivity contribution is -0.143. The molecule has 0 bridgehead atoms. The molecule has 3 nitrogen and oxygen atoms in total. The van der Waals surface area contributed by atoms with Crippen molar-refractivity contribution in [2.24, 2.45) is 0 Å². The number of hydrogen-bond donors (Lipinski definition) is 0. The van der Waals surface area contributed by atoms with E-state index in [1.807, 2.05) is 13.8 Å². The minimum Gasteiger partial charge on any atom is -0.283 e. The maximum Gasteiger partial charge on any atom is 0.229 e. The molecular formula is C9H17NO2. The van der Waals surface area contributed by atoms with Gasteiger partial charge in [-0.1, -0.05) is 13.8 Å². The van der Waals surface area contributed by atoms with E-state index in [9.17, 15) is 9.59 Å². The van der Waals surface area contributed by atoms with Crippen molar-refractivity contribution in [2.45, 2.75) is 40.0 Å². The van der Waals surface area contributed by atoms with Crippen LogP contribution in [0.25, 0.3) is 0 Å². The average Bonchev–Trinajstić information content (AvgIpc) is 1.99. The molecular weight excluding hydrogens is 154 g/mol. The summed E-state index contributed by atoms with van der Waals surface area (Å²) in [7, 11) is 0. The van der Waals surface area contributed by atoms with Crippen LogP contribution in [0.1, 0.15) is 40.0 Å². The van der Waals surface area contributed by atoms with Crippen molar-refractivity contribution in [1.29, 1.82) is 0 Å². The summed E-state index contributed by atoms with van der Waals surface area (Å²) in [5.74, 6) is -0.192. The van der Waals surface area contributed by atoms with Crippen LogP contribution in [0.5, 0.6) is 0 Å². The number of hydrogen-bond acceptors (Lipinski definition) is 2. The molecule has 0 aromatic heterocycles. The Morgan fingerprint density at radius 2 is 1.75 bits per heavy atom. The van der Waals surface area contributed by atoms with Crippen LogP contribution in [0.15, 0.2) is 0 Å². The lowest BCUT2D eigenvalue weighted by atomic mass is 10.3. The highest BCUT2D eigenvalue weighted by atomic mass is 16.2. The third-order valence-electron chi connectivity index (χ3n) is 1.59. The zero-order valence-electron chi connectivity index (χ0n) is 8.09. The quantitative estimate of drug-likeness (QED) is 0.644. The summed E-state index contributed by atoms with van der Waals surface area (Å²) in [5.41, 5.74) is 0. The Hall–Kier alpha value is -0.860. The first-order valence-corrected chi connectivity index (χ1v) is 4.44. The minimum atomic E-state index is -0.143. The maximum atomic E-state index is 11.3. The molecule has 3 heteroatoms. The van der Waals surface area contributed by atoms with Gasteiger partial charge < -0.3 is 0 Å². The Balaban J connectivity index is 4.09. The fourth-order valence-electron chi connectivity index (χ4n) is 1.03. The van der Waals surface area contributed by atoms with Gasteiger partial charge in [0.25, 0.3) is 0 Å². The maximum absolute atomic E-state index is 11.3. The van der Waals surface area contributed by atoms with Gasteiger partial charge in [0.15, 0.2) is 0 Å². The van der Waals surface area contributed by atoms with Crippen molar-refractivity contribution in [3.8, 4) is 0 Å². The zero-order chi connectivity index (χ0) is 9.56. The number of rotatable bonds is 4. The van der Waals surface area contributed by atoms with Crippen LogP contribution in [-0.4, -0.2) is 23.3 Å². The first kappa shape index (κ1) is 11.1. The van der Waals surface area contributed by atoms with E-state index < -0.39 is 0 Å². The first-order chi connectivity index (χ1) is 5.63. The summed E-state index contributed by atoms with van der Waals surface area (Å²) in [5, 5.41) is 0. The van der Waals surface area contributed by atoms with E-state index in [0.29, 0.717) is 13.0 Å². The summed E-state index contributed by atoms with van der Waals surface area (Å²) >= 11 is 0. The van der Waals surface area contributed by atoms with Crippen molar-refractivity contribution >= 4 is 11.8 Å². The van der Waals surface area contributed by atoms with E-state index in [4.69, 9.17) is 0 Å². The Bertz CT molecular complexity index is 166. The van der Waals surface area contributed by atoms with E-state index >= 15 is 0 Å². The third-order valence-corrected chi connectivity index (χ3v) is 1.59. The molecule has 0 radical (unpaired) electrons. The normalized spacial score (nSPS) is 9.58. The van der Waals surface area contributed by atoms with Gasteiger partial charge >= 0.3 is 0 Å². The summed E-state index contributed by atoms with van der Waals surface area (Å²) < 4.78 is 0. The van der Waals surface area contributed by atoms with E-state index in [2.05, 4.69) is 0 Å². The number of carbonyl (C=O) groups excluding carboxylic acids is 2. The molecule has 0 aliphatic carbocycles. The average molecular weight is 171 g/mol. The molecule has 0 spiro atoms. The second-order valence-electron chi connectivity index (χ2n) is 2.81. The van der Waals surface area contributed by atoms with Gasteiger partial charge in [0.1, 0.15) is 0 Å². The summed E-state index contributed by atoms with van der Waals surface area (Å²) in [6.45, 7) is 5.87. The van der Waals surface area contributed by atoms with Crippen LogP contribution >= 0.6 is 0 Å². The zero-order valence-corrected chi connectivity index (χ0v) is 8.09. The Labute approximate surface area is 73.7 Å². The monoisotopic (exact) mass is 171 g/mol. The van der Waals surface area contributed by atoms with Gasteiger partial charge in [-0.05, 0) is 12.8 Å². The Morgan fingerprint density at radius 3 is 2.08 bits per heavy atom. The molecule has 0 aliphatic heterocycles. The van der Waals surface area contributed by atoms with Gasteiger partial charge in [-0.2, -0.15) is 0 Å². The van der Waals surface area contributed by atoms with Gasteiger partial charge in [0.05, 0.1) is 0 Å². The van der Waals surface area contributed by atoms with Crippen LogP contribution in [0.3, 0.4) is 0 Å². The SMILES string of the molecule is CCCC(=O)N(CCC)C(C)=O. The molecule has 0 N–H and O–H groups in total. The molecule has 0 unspecified atom stereocenters. The van der Waals surface area contributed by atoms with Gasteiger partial charge in [-0.3, -0.25) is 14.5 Å². The number of carbonyl (C=O) groups is 2. The summed E-state index contributed by atoms with van der Waals surface area (Å²) in [6, 6.07) is 0. The fourth-order valence-corrected chi connectivity index (χ4v) is 1.03. The minimum absolute atomic E-state index is 0.0492. The molecule has 0 fully saturated rings. The lowest BCUT2D eigenvalue weighted by Crippen LogP contribution is -2.35. The smallest absolute Gasteiger partial charge is 0.229 e. The van der Waals surface area contributed by atoms with Crippen LogP contribution in [0, 0.1) is 0 Å². The molecule has 0 atom stereocenters. The molecule has 0 saturated carbocycles. The van der Waals surface area contributed by atoms with Crippen molar-refractivity contribution in [3.63, 3.8) is 0 Å². The predicted molar refractivity (Wildman–Crippen MR) is 47.6 cm³/mol. The summed E-state index contributed by atoms with van der Waals surface area (Å²) in [4.78, 5) is 23.6. The molecule has 70 valence electrons. The van der Waals surface area contributed by atoms with Crippen LogP contribution in [0.2, 0.25) is 0 Å². The number of imide groups is 1. The van der Waals surface area contributed by atoms with Crippen LogP contribution < -0.4 is 0 Å². The molecule has 2 amide bonds. The number of nitrogens with zero attached hydrogens (tertiary/aromatic N) is 1. The molecule has 0 heterocycles. The van der Waals surface area contributed by atoms with Crippen molar-refractivity contribution in [3.05, 3.63) is 0 Å². The predicted octanol–water partition coefficient (Wildman–Crippen LogP) is 1.57. The molecule has 0 rings (SSSR count). The van der Waals surface area contributed by atoms with Gasteiger partial charge in [0.2, 0.25) is 11.8 Å². The van der Waals surface area contributed by atoms with E-state index in [0.717, 1.165) is 12.8 Å². The number of amides is 2. The largest absolute Gasteiger partial charge is 0.283 e. The molecule has 0 aromatic rings. The first-order valence-electron chi connectivity index (χ1n) is 4.44. The van der Waals surface area contributed by atoms with Crippen molar-refractivity contribution in [1.82, 2.24) is 4.90 Å². The summed E-state index contributed by atoms with van der Waals surface area (Å²) in [6.07, 6.45) is 2.10. The van der Waals surface area contributed by atoms with Crippen LogP contribution in [0.4, 0.5) is 0 Å². The van der Waals surface area contributed by atoms with Crippen LogP contribution in [-0.2, 0) is 9.59 Å². The van der Waals surface area contributed by atoms with Gasteiger partial charge in [-0.15, -0.1) is 0 Å². The molecule has 0 aromatic carbocycles. The fraction of sp³-hybridized carbons (Fsp3) is 0.778. The lowest BCUT2D eigenvalue weighted by Gasteiger charge is -2.17. The molecule has 12 heavy (non-hydrogen) atoms. The highest BCUT2D eigenvalue weighted by molar-refractivity contribution is 5.94. The van der Waals surface area contributed by atoms with E-state index in [-0.39, 0.29) is 11.8 Å². The standard InChI is InChI=1S/C9H17NO2/c1-4-6-9(12)10(7-5-2)8(3)11/h4-7H2,1-3H3. The second-order valence-corrected chi connectivity index (χ2v) is 2.81. The Morgan fingerprint density at radius 1 is 1.17 bits per heavy atom. The highest BCUT2D eigenvalue weighted by Crippen LogP contribution is 1.99. The van der Waals surface area contributed by atoms with Crippen molar-refractivity contribution < 1.29 is 9.59 Å². The molecule has 0 aliphatic rings. The van der Waals surface area contributed by atoms with E-state index in [1.54, 1.807) is 0 Å². The van der Waals surface area contributed by atoms with E-state index in [1.165, 1.54) is 11.8 Å².